The van der Waals surface area contributed by atoms with Crippen LogP contribution in [-0.2, 0) is 6.42 Å². The molecule has 2 heteroatoms. The molecule has 0 bridgehead atoms. The van der Waals surface area contributed by atoms with Gasteiger partial charge in [-0.05, 0) is 80.9 Å². The summed E-state index contributed by atoms with van der Waals surface area (Å²) >= 11 is 1.76. The van der Waals surface area contributed by atoms with Crippen molar-refractivity contribution in [1.29, 1.82) is 0 Å². The van der Waals surface area contributed by atoms with Gasteiger partial charge < -0.3 is 0 Å². The van der Waals surface area contributed by atoms with Gasteiger partial charge in [0, 0.05) is 4.75 Å². The fraction of sp³-hybridized carbons (Fsp3) is 0.667. The molecule has 0 unspecified atom stereocenters. The Morgan fingerprint density at radius 2 is 1.83 bits per heavy atom. The van der Waals surface area contributed by atoms with Crippen molar-refractivity contribution in [3.05, 3.63) is 35.4 Å². The molecule has 0 N–H and O–H groups in total. The Balaban J connectivity index is 2.12. The first-order valence-electron chi connectivity index (χ1n) is 9.22. The fourth-order valence-corrected chi connectivity index (χ4v) is 3.21. The van der Waals surface area contributed by atoms with Crippen LogP contribution in [0.2, 0.25) is 0 Å². The predicted octanol–water partition coefficient (Wildman–Crippen LogP) is 6.85. The highest BCUT2D eigenvalue weighted by Crippen LogP contribution is 2.49. The Kier molecular flexibility index (Phi) is 6.36. The van der Waals surface area contributed by atoms with Gasteiger partial charge in [-0.15, -0.1) is 0 Å². The number of rotatable bonds is 9. The van der Waals surface area contributed by atoms with Crippen LogP contribution in [0.1, 0.15) is 84.3 Å². The average Bonchev–Trinajstić information content (AvgIpc) is 3.27. The van der Waals surface area contributed by atoms with Crippen molar-refractivity contribution in [3.63, 3.8) is 0 Å². The number of nitrogens with zero attached hydrogens (tertiary/aromatic N) is 1. The molecule has 0 atom stereocenters. The zero-order valence-corrected chi connectivity index (χ0v) is 16.4. The molecule has 1 aliphatic rings. The van der Waals surface area contributed by atoms with Crippen LogP contribution < -0.4 is 0 Å². The normalized spacial score (nSPS) is 17.3. The molecule has 1 nitrogen and oxygen atoms in total. The van der Waals surface area contributed by atoms with E-state index in [1.807, 2.05) is 0 Å². The molecule has 23 heavy (non-hydrogen) atoms. The summed E-state index contributed by atoms with van der Waals surface area (Å²) in [6, 6.07) is 9.11. The monoisotopic (exact) mass is 331 g/mol. The van der Waals surface area contributed by atoms with Gasteiger partial charge >= 0.3 is 0 Å². The van der Waals surface area contributed by atoms with Gasteiger partial charge in [0.25, 0.3) is 0 Å². The molecule has 1 fully saturated rings. The standard InChI is InChI=1S/C21H33NS/c1-6-8-17-9-11-18(12-10-17)19(13-14-21(5)15-16-21)22-23-20(3,4)7-2/h9-12H,6-8,13-16H2,1-5H3/b22-19+. The smallest absolute Gasteiger partial charge is 0.0559 e. The quantitative estimate of drug-likeness (QED) is 0.356. The highest BCUT2D eigenvalue weighted by molar-refractivity contribution is 7.99. The van der Waals surface area contributed by atoms with Crippen molar-refractivity contribution in [2.24, 2.45) is 9.81 Å². The van der Waals surface area contributed by atoms with Gasteiger partial charge in [-0.2, -0.15) is 0 Å². The van der Waals surface area contributed by atoms with Crippen molar-refractivity contribution in [3.8, 4) is 0 Å². The van der Waals surface area contributed by atoms with Gasteiger partial charge in [0.1, 0.15) is 0 Å². The highest BCUT2D eigenvalue weighted by atomic mass is 32.2. The highest BCUT2D eigenvalue weighted by Gasteiger charge is 2.36. The molecule has 1 aromatic carbocycles. The Morgan fingerprint density at radius 3 is 2.35 bits per heavy atom. The number of benzene rings is 1. The van der Waals surface area contributed by atoms with E-state index in [2.05, 4.69) is 58.9 Å². The summed E-state index contributed by atoms with van der Waals surface area (Å²) in [5.41, 5.74) is 4.63. The molecule has 1 saturated carbocycles. The van der Waals surface area contributed by atoms with E-state index in [-0.39, 0.29) is 4.75 Å². The molecule has 0 amide bonds. The Morgan fingerprint density at radius 1 is 1.17 bits per heavy atom. The lowest BCUT2D eigenvalue weighted by molar-refractivity contribution is 0.532. The van der Waals surface area contributed by atoms with Crippen LogP contribution in [-0.4, -0.2) is 10.5 Å². The molecule has 128 valence electrons. The molecular weight excluding hydrogens is 298 g/mol. The van der Waals surface area contributed by atoms with Crippen LogP contribution in [0.4, 0.5) is 0 Å². The van der Waals surface area contributed by atoms with Crippen LogP contribution in [0.25, 0.3) is 0 Å². The zero-order chi connectivity index (χ0) is 16.9. The maximum Gasteiger partial charge on any atom is 0.0559 e. The lowest BCUT2D eigenvalue weighted by atomic mass is 9.96. The predicted molar refractivity (Wildman–Crippen MR) is 106 cm³/mol. The minimum absolute atomic E-state index is 0.219. The molecule has 1 aliphatic carbocycles. The summed E-state index contributed by atoms with van der Waals surface area (Å²) in [4.78, 5) is 0. The van der Waals surface area contributed by atoms with Gasteiger partial charge in [-0.1, -0.05) is 51.5 Å². The molecule has 0 aromatic heterocycles. The topological polar surface area (TPSA) is 12.4 Å². The third kappa shape index (κ3) is 5.99. The van der Waals surface area contributed by atoms with E-state index in [1.54, 1.807) is 11.9 Å². The first-order chi connectivity index (χ1) is 10.9. The number of hydrogen-bond acceptors (Lipinski definition) is 2. The molecule has 0 aliphatic heterocycles. The molecule has 0 saturated heterocycles. The summed E-state index contributed by atoms with van der Waals surface area (Å²) in [6.45, 7) is 11.5. The maximum absolute atomic E-state index is 4.98. The average molecular weight is 332 g/mol. The number of aryl methyl sites for hydroxylation is 1. The molecule has 1 aromatic rings. The Labute approximate surface area is 147 Å². The van der Waals surface area contributed by atoms with E-state index in [0.29, 0.717) is 5.41 Å². The minimum Gasteiger partial charge on any atom is -0.220 e. The Hall–Kier alpha value is -0.760. The summed E-state index contributed by atoms with van der Waals surface area (Å²) < 4.78 is 5.20. The zero-order valence-electron chi connectivity index (χ0n) is 15.6. The van der Waals surface area contributed by atoms with E-state index >= 15 is 0 Å². The van der Waals surface area contributed by atoms with Gasteiger partial charge in [-0.25, -0.2) is 4.40 Å². The SMILES string of the molecule is CCCc1ccc(/C(CCC2(C)CC2)=N/SC(C)(C)CC)cc1. The first kappa shape index (κ1) is 18.6. The van der Waals surface area contributed by atoms with Gasteiger partial charge in [0.15, 0.2) is 0 Å². The lowest BCUT2D eigenvalue weighted by Gasteiger charge is -2.19. The largest absolute Gasteiger partial charge is 0.220 e. The van der Waals surface area contributed by atoms with Crippen LogP contribution in [0, 0.1) is 5.41 Å². The third-order valence-corrected chi connectivity index (χ3v) is 6.24. The van der Waals surface area contributed by atoms with Crippen LogP contribution in [0.5, 0.6) is 0 Å². The van der Waals surface area contributed by atoms with E-state index in [4.69, 9.17) is 4.40 Å². The van der Waals surface area contributed by atoms with E-state index in [0.717, 1.165) is 12.8 Å². The lowest BCUT2D eigenvalue weighted by Crippen LogP contribution is -2.12. The van der Waals surface area contributed by atoms with Crippen LogP contribution in [0.15, 0.2) is 28.7 Å². The minimum atomic E-state index is 0.219. The van der Waals surface area contributed by atoms with Crippen molar-refractivity contribution in [1.82, 2.24) is 0 Å². The van der Waals surface area contributed by atoms with Crippen molar-refractivity contribution in [2.45, 2.75) is 84.3 Å². The molecule has 0 heterocycles. The summed E-state index contributed by atoms with van der Waals surface area (Å²) in [5, 5.41) is 0. The van der Waals surface area contributed by atoms with E-state index < -0.39 is 0 Å². The number of hydrogen-bond donors (Lipinski definition) is 0. The van der Waals surface area contributed by atoms with E-state index in [9.17, 15) is 0 Å². The van der Waals surface area contributed by atoms with Crippen LogP contribution >= 0.6 is 11.9 Å². The van der Waals surface area contributed by atoms with Gasteiger partial charge in [-0.3, -0.25) is 0 Å². The summed E-state index contributed by atoms with van der Waals surface area (Å²) in [6.07, 6.45) is 8.68. The van der Waals surface area contributed by atoms with E-state index in [1.165, 1.54) is 48.9 Å². The van der Waals surface area contributed by atoms with Crippen LogP contribution in [0.3, 0.4) is 0 Å². The van der Waals surface area contributed by atoms with Gasteiger partial charge in [0.2, 0.25) is 0 Å². The molecule has 0 spiro atoms. The second-order valence-corrected chi connectivity index (χ2v) is 9.47. The third-order valence-electron chi connectivity index (χ3n) is 5.15. The summed E-state index contributed by atoms with van der Waals surface area (Å²) in [7, 11) is 0. The maximum atomic E-state index is 4.98. The summed E-state index contributed by atoms with van der Waals surface area (Å²) in [5.74, 6) is 0. The van der Waals surface area contributed by atoms with Gasteiger partial charge in [0.05, 0.1) is 5.71 Å². The van der Waals surface area contributed by atoms with Crippen molar-refractivity contribution < 1.29 is 0 Å². The first-order valence-corrected chi connectivity index (χ1v) is 9.99. The molecular formula is C21H33NS. The van der Waals surface area contributed by atoms with Crippen molar-refractivity contribution in [2.75, 3.05) is 0 Å². The molecule has 0 radical (unpaired) electrons. The second kappa shape index (κ2) is 7.88. The second-order valence-electron chi connectivity index (χ2n) is 8.00. The van der Waals surface area contributed by atoms with Crippen molar-refractivity contribution >= 4 is 17.7 Å². The fourth-order valence-electron chi connectivity index (χ4n) is 2.52. The Bertz CT molecular complexity index is 523. The molecule has 2 rings (SSSR count).